The molecule has 0 spiro atoms. The Balaban J connectivity index is 2.42. The van der Waals surface area contributed by atoms with Gasteiger partial charge in [0.1, 0.15) is 0 Å². The number of aromatic nitrogens is 1. The van der Waals surface area contributed by atoms with Gasteiger partial charge in [-0.2, -0.15) is 0 Å². The van der Waals surface area contributed by atoms with E-state index < -0.39 is 0 Å². The Morgan fingerprint density at radius 3 is 2.82 bits per heavy atom. The molecule has 88 valence electrons. The number of hydrogen-bond donors (Lipinski definition) is 1. The Morgan fingerprint density at radius 1 is 1.29 bits per heavy atom. The lowest BCUT2D eigenvalue weighted by atomic mass is 10.1. The van der Waals surface area contributed by atoms with Gasteiger partial charge in [0, 0.05) is 11.9 Å². The van der Waals surface area contributed by atoms with Crippen molar-refractivity contribution in [2.75, 3.05) is 5.73 Å². The highest BCUT2D eigenvalue weighted by Gasteiger charge is 2.04. The van der Waals surface area contributed by atoms with E-state index in [2.05, 4.69) is 15.9 Å². The van der Waals surface area contributed by atoms with E-state index in [9.17, 15) is 4.79 Å². The minimum Gasteiger partial charge on any atom is -0.399 e. The van der Waals surface area contributed by atoms with Gasteiger partial charge in [0.2, 0.25) is 0 Å². The number of nitrogens with two attached hydrogens (primary N) is 1. The molecule has 0 amide bonds. The third-order valence-electron chi connectivity index (χ3n) is 2.80. The molecule has 4 heteroatoms. The molecule has 0 aliphatic rings. The summed E-state index contributed by atoms with van der Waals surface area (Å²) in [7, 11) is 0. The Labute approximate surface area is 108 Å². The van der Waals surface area contributed by atoms with Gasteiger partial charge in [-0.1, -0.05) is 12.1 Å². The predicted molar refractivity (Wildman–Crippen MR) is 73.1 cm³/mol. The number of nitrogens with zero attached hydrogens (tertiary/aromatic N) is 1. The summed E-state index contributed by atoms with van der Waals surface area (Å²) in [5, 5.41) is 0. The van der Waals surface area contributed by atoms with Crippen molar-refractivity contribution in [2.45, 2.75) is 13.5 Å². The van der Waals surface area contributed by atoms with Crippen LogP contribution in [-0.4, -0.2) is 4.57 Å². The third-order valence-corrected chi connectivity index (χ3v) is 3.41. The average molecular weight is 293 g/mol. The molecule has 0 aliphatic heterocycles. The molecule has 0 saturated carbocycles. The largest absolute Gasteiger partial charge is 0.399 e. The molecule has 2 rings (SSSR count). The van der Waals surface area contributed by atoms with Crippen LogP contribution in [0.2, 0.25) is 0 Å². The van der Waals surface area contributed by atoms with E-state index in [1.54, 1.807) is 16.8 Å². The molecule has 0 atom stereocenters. The van der Waals surface area contributed by atoms with Crippen LogP contribution in [0.15, 0.2) is 45.8 Å². The van der Waals surface area contributed by atoms with Crippen LogP contribution in [0.25, 0.3) is 0 Å². The van der Waals surface area contributed by atoms with E-state index >= 15 is 0 Å². The van der Waals surface area contributed by atoms with Gasteiger partial charge in [-0.05, 0) is 52.2 Å². The second-order valence-electron chi connectivity index (χ2n) is 3.92. The highest BCUT2D eigenvalue weighted by Crippen LogP contribution is 2.16. The van der Waals surface area contributed by atoms with Crippen molar-refractivity contribution >= 4 is 21.6 Å². The minimum atomic E-state index is -0.0330. The van der Waals surface area contributed by atoms with E-state index in [1.807, 2.05) is 31.2 Å². The summed E-state index contributed by atoms with van der Waals surface area (Å²) in [6.07, 6.45) is 1.77. The van der Waals surface area contributed by atoms with Gasteiger partial charge >= 0.3 is 0 Å². The summed E-state index contributed by atoms with van der Waals surface area (Å²) in [4.78, 5) is 11.9. The molecule has 2 N–H and O–H groups in total. The fourth-order valence-electron chi connectivity index (χ4n) is 1.69. The number of anilines is 1. The van der Waals surface area contributed by atoms with Gasteiger partial charge in [-0.25, -0.2) is 0 Å². The minimum absolute atomic E-state index is 0.0330. The molecular weight excluding hydrogens is 280 g/mol. The van der Waals surface area contributed by atoms with Gasteiger partial charge in [-0.3, -0.25) is 4.79 Å². The molecule has 3 nitrogen and oxygen atoms in total. The maximum atomic E-state index is 11.9. The van der Waals surface area contributed by atoms with Crippen molar-refractivity contribution in [3.05, 3.63) is 62.5 Å². The van der Waals surface area contributed by atoms with E-state index in [-0.39, 0.29) is 5.56 Å². The lowest BCUT2D eigenvalue weighted by molar-refractivity contribution is 0.751. The second-order valence-corrected chi connectivity index (χ2v) is 4.77. The number of benzene rings is 1. The second kappa shape index (κ2) is 4.75. The molecule has 0 aliphatic carbocycles. The molecular formula is C13H13BrN2O. The van der Waals surface area contributed by atoms with Gasteiger partial charge in [0.05, 0.1) is 11.0 Å². The number of rotatable bonds is 2. The number of nitrogen functional groups attached to an aromatic ring is 1. The normalized spacial score (nSPS) is 10.5. The zero-order valence-electron chi connectivity index (χ0n) is 9.48. The zero-order valence-corrected chi connectivity index (χ0v) is 11.1. The highest BCUT2D eigenvalue weighted by molar-refractivity contribution is 9.10. The average Bonchev–Trinajstić information content (AvgIpc) is 2.31. The molecule has 1 aromatic carbocycles. The van der Waals surface area contributed by atoms with Crippen molar-refractivity contribution in [3.8, 4) is 0 Å². The molecule has 0 saturated heterocycles. The summed E-state index contributed by atoms with van der Waals surface area (Å²) >= 11 is 3.23. The van der Waals surface area contributed by atoms with Crippen molar-refractivity contribution in [2.24, 2.45) is 0 Å². The van der Waals surface area contributed by atoms with Crippen molar-refractivity contribution < 1.29 is 0 Å². The molecule has 1 aromatic heterocycles. The van der Waals surface area contributed by atoms with Crippen LogP contribution in [0.5, 0.6) is 0 Å². The summed E-state index contributed by atoms with van der Waals surface area (Å²) in [5.74, 6) is 0. The molecule has 0 fully saturated rings. The topological polar surface area (TPSA) is 48.0 Å². The number of hydrogen-bond acceptors (Lipinski definition) is 2. The van der Waals surface area contributed by atoms with E-state index in [0.717, 1.165) is 16.8 Å². The summed E-state index contributed by atoms with van der Waals surface area (Å²) < 4.78 is 2.23. The molecule has 17 heavy (non-hydrogen) atoms. The van der Waals surface area contributed by atoms with Gasteiger partial charge in [-0.15, -0.1) is 0 Å². The van der Waals surface area contributed by atoms with Crippen LogP contribution in [0.1, 0.15) is 11.1 Å². The molecule has 2 aromatic rings. The maximum Gasteiger partial charge on any atom is 0.265 e. The molecule has 0 radical (unpaired) electrons. The van der Waals surface area contributed by atoms with Gasteiger partial charge in [0.25, 0.3) is 5.56 Å². The summed E-state index contributed by atoms with van der Waals surface area (Å²) in [6.45, 7) is 2.50. The Morgan fingerprint density at radius 2 is 2.06 bits per heavy atom. The maximum absolute atomic E-state index is 11.9. The smallest absolute Gasteiger partial charge is 0.265 e. The zero-order chi connectivity index (χ0) is 12.4. The Kier molecular flexibility index (Phi) is 3.33. The Hall–Kier alpha value is -1.55. The molecule has 0 bridgehead atoms. The van der Waals surface area contributed by atoms with Crippen LogP contribution in [0.4, 0.5) is 5.69 Å². The first-order chi connectivity index (χ1) is 8.09. The first-order valence-electron chi connectivity index (χ1n) is 5.28. The van der Waals surface area contributed by atoms with Crippen molar-refractivity contribution in [1.82, 2.24) is 4.57 Å². The van der Waals surface area contributed by atoms with Crippen LogP contribution in [0, 0.1) is 6.92 Å². The van der Waals surface area contributed by atoms with Crippen LogP contribution < -0.4 is 11.3 Å². The summed E-state index contributed by atoms with van der Waals surface area (Å²) in [6, 6.07) is 9.33. The van der Waals surface area contributed by atoms with E-state index in [0.29, 0.717) is 11.0 Å². The fraction of sp³-hybridized carbons (Fsp3) is 0.154. The van der Waals surface area contributed by atoms with Gasteiger partial charge < -0.3 is 10.3 Å². The SMILES string of the molecule is Cc1c(N)cccc1Cn1cccc(Br)c1=O. The fourth-order valence-corrected chi connectivity index (χ4v) is 2.07. The monoisotopic (exact) mass is 292 g/mol. The van der Waals surface area contributed by atoms with Crippen LogP contribution in [-0.2, 0) is 6.54 Å². The van der Waals surface area contributed by atoms with E-state index in [4.69, 9.17) is 5.73 Å². The standard InChI is InChI=1S/C13H13BrN2O/c1-9-10(4-2-6-12(9)15)8-16-7-3-5-11(14)13(16)17/h2-7H,8,15H2,1H3. The molecule has 0 unspecified atom stereocenters. The number of halogens is 1. The quantitative estimate of drug-likeness (QED) is 0.865. The predicted octanol–water partition coefficient (Wildman–Crippen LogP) is 2.55. The van der Waals surface area contributed by atoms with E-state index in [1.165, 1.54) is 0 Å². The summed E-state index contributed by atoms with van der Waals surface area (Å²) in [5.41, 5.74) is 8.66. The van der Waals surface area contributed by atoms with Crippen molar-refractivity contribution in [3.63, 3.8) is 0 Å². The third kappa shape index (κ3) is 2.42. The highest BCUT2D eigenvalue weighted by atomic mass is 79.9. The lowest BCUT2D eigenvalue weighted by Crippen LogP contribution is -2.20. The lowest BCUT2D eigenvalue weighted by Gasteiger charge is -2.10. The number of pyridine rings is 1. The van der Waals surface area contributed by atoms with Crippen LogP contribution >= 0.6 is 15.9 Å². The molecule has 1 heterocycles. The van der Waals surface area contributed by atoms with Crippen LogP contribution in [0.3, 0.4) is 0 Å². The first-order valence-corrected chi connectivity index (χ1v) is 6.08. The Bertz CT molecular complexity index is 605. The first kappa shape index (κ1) is 11.9. The van der Waals surface area contributed by atoms with Crippen molar-refractivity contribution in [1.29, 1.82) is 0 Å². The van der Waals surface area contributed by atoms with Gasteiger partial charge in [0.15, 0.2) is 0 Å².